The highest BCUT2D eigenvalue weighted by Crippen LogP contribution is 2.47. The Balaban J connectivity index is 1.45. The summed E-state index contributed by atoms with van der Waals surface area (Å²) in [6.45, 7) is 0. The van der Waals surface area contributed by atoms with E-state index in [1.165, 1.54) is 10.8 Å². The van der Waals surface area contributed by atoms with Crippen LogP contribution in [0.5, 0.6) is 11.6 Å². The summed E-state index contributed by atoms with van der Waals surface area (Å²) in [5, 5.41) is 3.49. The van der Waals surface area contributed by atoms with Crippen LogP contribution in [0.3, 0.4) is 0 Å². The Morgan fingerprint density at radius 2 is 1.19 bits per heavy atom. The van der Waals surface area contributed by atoms with Gasteiger partial charge in [0.1, 0.15) is 11.4 Å². The summed E-state index contributed by atoms with van der Waals surface area (Å²) in [5.41, 5.74) is 6.01. The molecule has 0 fully saturated rings. The molecule has 204 valence electrons. The Labute approximate surface area is 249 Å². The van der Waals surface area contributed by atoms with E-state index in [2.05, 4.69) is 131 Å². The molecule has 3 heterocycles. The third-order valence-electron chi connectivity index (χ3n) is 8.33. The molecular formula is C39H27N3O. The second kappa shape index (κ2) is 10.3. The number of hydrogen-bond acceptors (Lipinski definition) is 3. The summed E-state index contributed by atoms with van der Waals surface area (Å²) in [6, 6.07) is 50.9. The minimum Gasteiger partial charge on any atom is -0.439 e. The van der Waals surface area contributed by atoms with E-state index >= 15 is 0 Å². The van der Waals surface area contributed by atoms with Crippen LogP contribution in [-0.4, -0.2) is 14.4 Å². The van der Waals surface area contributed by atoms with E-state index in [1.807, 2.05) is 36.7 Å². The summed E-state index contributed by atoms with van der Waals surface area (Å²) in [7, 11) is 0. The summed E-state index contributed by atoms with van der Waals surface area (Å²) < 4.78 is 8.45. The number of para-hydroxylation sites is 1. The van der Waals surface area contributed by atoms with E-state index in [1.54, 1.807) is 6.20 Å². The number of rotatable bonds is 6. The molecule has 43 heavy (non-hydrogen) atoms. The fourth-order valence-corrected chi connectivity index (χ4v) is 6.50. The van der Waals surface area contributed by atoms with Crippen molar-refractivity contribution in [2.24, 2.45) is 0 Å². The van der Waals surface area contributed by atoms with Crippen LogP contribution < -0.4 is 4.74 Å². The third kappa shape index (κ3) is 4.07. The van der Waals surface area contributed by atoms with Gasteiger partial charge in [-0.15, -0.1) is 0 Å². The lowest BCUT2D eigenvalue weighted by Crippen LogP contribution is -2.31. The molecule has 0 aliphatic carbocycles. The fraction of sp³-hybridized carbons (Fsp3) is 0.0256. The molecule has 0 bridgehead atoms. The lowest BCUT2D eigenvalue weighted by Gasteiger charge is -2.37. The lowest BCUT2D eigenvalue weighted by molar-refractivity contribution is 0.461. The fourth-order valence-electron chi connectivity index (χ4n) is 6.50. The number of nitrogens with zero attached hydrogens (tertiary/aromatic N) is 3. The molecule has 4 heteroatoms. The molecule has 8 aromatic rings. The van der Waals surface area contributed by atoms with Gasteiger partial charge in [0, 0.05) is 35.4 Å². The molecule has 5 aromatic carbocycles. The number of ether oxygens (including phenoxy) is 1. The molecule has 0 saturated heterocycles. The SMILES string of the molecule is c1ccc(C(c2ccccc2)(c2cccc(Oc3ccccn3)c2)c2ccc3c4ccccc4n4ccnc4c3c2)cc1. The van der Waals surface area contributed by atoms with Gasteiger partial charge in [-0.1, -0.05) is 109 Å². The van der Waals surface area contributed by atoms with Crippen LogP contribution in [0.4, 0.5) is 0 Å². The van der Waals surface area contributed by atoms with Crippen LogP contribution in [0.25, 0.3) is 27.3 Å². The number of imidazole rings is 1. The predicted molar refractivity (Wildman–Crippen MR) is 173 cm³/mol. The number of benzene rings is 5. The van der Waals surface area contributed by atoms with Gasteiger partial charge < -0.3 is 4.74 Å². The zero-order chi connectivity index (χ0) is 28.6. The smallest absolute Gasteiger partial charge is 0.219 e. The van der Waals surface area contributed by atoms with Crippen molar-refractivity contribution in [1.29, 1.82) is 0 Å². The van der Waals surface area contributed by atoms with E-state index < -0.39 is 5.41 Å². The van der Waals surface area contributed by atoms with E-state index in [0.717, 1.165) is 44.6 Å². The van der Waals surface area contributed by atoms with Crippen LogP contribution in [0.1, 0.15) is 22.3 Å². The molecule has 0 N–H and O–H groups in total. The van der Waals surface area contributed by atoms with Gasteiger partial charge in [0.05, 0.1) is 10.9 Å². The minimum absolute atomic E-state index is 0.559. The normalized spacial score (nSPS) is 11.7. The second-order valence-corrected chi connectivity index (χ2v) is 10.7. The first kappa shape index (κ1) is 25.0. The van der Waals surface area contributed by atoms with Crippen molar-refractivity contribution in [3.8, 4) is 11.6 Å². The molecule has 0 aliphatic heterocycles. The molecule has 0 radical (unpaired) electrons. The number of pyridine rings is 2. The average molecular weight is 554 g/mol. The Morgan fingerprint density at radius 1 is 0.488 bits per heavy atom. The highest BCUT2D eigenvalue weighted by molar-refractivity contribution is 6.12. The van der Waals surface area contributed by atoms with Crippen LogP contribution in [-0.2, 0) is 5.41 Å². The maximum absolute atomic E-state index is 6.26. The maximum atomic E-state index is 6.26. The summed E-state index contributed by atoms with van der Waals surface area (Å²) in [5.74, 6) is 1.29. The van der Waals surface area contributed by atoms with E-state index in [4.69, 9.17) is 9.72 Å². The number of aromatic nitrogens is 3. The van der Waals surface area contributed by atoms with Crippen molar-refractivity contribution < 1.29 is 4.74 Å². The molecule has 0 aliphatic rings. The van der Waals surface area contributed by atoms with Gasteiger partial charge in [0.2, 0.25) is 5.88 Å². The van der Waals surface area contributed by atoms with Gasteiger partial charge in [-0.2, -0.15) is 0 Å². The average Bonchev–Trinajstić information content (AvgIpc) is 3.58. The van der Waals surface area contributed by atoms with Crippen molar-refractivity contribution in [1.82, 2.24) is 14.4 Å². The summed E-state index contributed by atoms with van der Waals surface area (Å²) >= 11 is 0. The molecule has 8 rings (SSSR count). The van der Waals surface area contributed by atoms with Crippen molar-refractivity contribution in [3.63, 3.8) is 0 Å². The highest BCUT2D eigenvalue weighted by atomic mass is 16.5. The Bertz CT molecular complexity index is 2170. The lowest BCUT2D eigenvalue weighted by atomic mass is 9.65. The molecule has 0 saturated carbocycles. The quantitative estimate of drug-likeness (QED) is 0.152. The van der Waals surface area contributed by atoms with E-state index in [-0.39, 0.29) is 0 Å². The summed E-state index contributed by atoms with van der Waals surface area (Å²) in [4.78, 5) is 9.23. The van der Waals surface area contributed by atoms with Gasteiger partial charge in [-0.3, -0.25) is 4.40 Å². The van der Waals surface area contributed by atoms with Gasteiger partial charge in [0.15, 0.2) is 0 Å². The highest BCUT2D eigenvalue weighted by Gasteiger charge is 2.39. The van der Waals surface area contributed by atoms with Crippen molar-refractivity contribution in [2.75, 3.05) is 0 Å². The van der Waals surface area contributed by atoms with Crippen LogP contribution in [0, 0.1) is 0 Å². The molecule has 0 spiro atoms. The van der Waals surface area contributed by atoms with E-state index in [0.29, 0.717) is 5.88 Å². The van der Waals surface area contributed by atoms with Crippen LogP contribution in [0.2, 0.25) is 0 Å². The Hall–Kier alpha value is -5.74. The zero-order valence-corrected chi connectivity index (χ0v) is 23.3. The first-order valence-corrected chi connectivity index (χ1v) is 14.4. The van der Waals surface area contributed by atoms with Crippen molar-refractivity contribution in [2.45, 2.75) is 5.41 Å². The van der Waals surface area contributed by atoms with Gasteiger partial charge in [0.25, 0.3) is 0 Å². The molecule has 0 atom stereocenters. The largest absolute Gasteiger partial charge is 0.439 e. The molecular weight excluding hydrogens is 526 g/mol. The first-order valence-electron chi connectivity index (χ1n) is 14.4. The topological polar surface area (TPSA) is 39.4 Å². The molecule has 4 nitrogen and oxygen atoms in total. The Morgan fingerprint density at radius 3 is 1.95 bits per heavy atom. The van der Waals surface area contributed by atoms with Gasteiger partial charge >= 0.3 is 0 Å². The van der Waals surface area contributed by atoms with E-state index in [9.17, 15) is 0 Å². The molecule has 3 aromatic heterocycles. The Kier molecular flexibility index (Phi) is 5.97. The predicted octanol–water partition coefficient (Wildman–Crippen LogP) is 9.21. The maximum Gasteiger partial charge on any atom is 0.219 e. The standard InChI is InChI=1S/C39H27N3O/c1-3-12-28(13-4-1)39(29-14-5-2-6-15-29,30-16-11-17-32(26-30)43-37-20-9-10-23-40-37)31-21-22-33-34-18-7-8-19-36(34)42-25-24-41-38(42)35(33)27-31/h1-27H. The molecule has 0 amide bonds. The van der Waals surface area contributed by atoms with Gasteiger partial charge in [-0.05, 0) is 58.0 Å². The van der Waals surface area contributed by atoms with Crippen molar-refractivity contribution in [3.05, 3.63) is 186 Å². The van der Waals surface area contributed by atoms with Crippen LogP contribution in [0.15, 0.2) is 164 Å². The monoisotopic (exact) mass is 553 g/mol. The number of hydrogen-bond donors (Lipinski definition) is 0. The second-order valence-electron chi connectivity index (χ2n) is 10.7. The third-order valence-corrected chi connectivity index (χ3v) is 8.33. The summed E-state index contributed by atoms with van der Waals surface area (Å²) in [6.07, 6.45) is 5.67. The van der Waals surface area contributed by atoms with Crippen LogP contribution >= 0.6 is 0 Å². The zero-order valence-electron chi connectivity index (χ0n) is 23.3. The van der Waals surface area contributed by atoms with Crippen molar-refractivity contribution >= 4 is 27.3 Å². The molecule has 0 unspecified atom stereocenters. The van der Waals surface area contributed by atoms with Gasteiger partial charge in [-0.25, -0.2) is 9.97 Å². The minimum atomic E-state index is -0.643. The first-order chi connectivity index (χ1) is 21.3. The number of fused-ring (bicyclic) bond motifs is 6.